The van der Waals surface area contributed by atoms with E-state index in [9.17, 15) is 4.79 Å². The fourth-order valence-corrected chi connectivity index (χ4v) is 2.14. The first-order valence-electron chi connectivity index (χ1n) is 5.63. The zero-order valence-electron chi connectivity index (χ0n) is 10.9. The van der Waals surface area contributed by atoms with Crippen LogP contribution in [0.3, 0.4) is 0 Å². The summed E-state index contributed by atoms with van der Waals surface area (Å²) in [6.07, 6.45) is 0. The zero-order chi connectivity index (χ0) is 13.9. The number of hydrogen-bond acceptors (Lipinski definition) is 3. The van der Waals surface area contributed by atoms with E-state index in [2.05, 4.69) is 43.8 Å². The van der Waals surface area contributed by atoms with Gasteiger partial charge in [0.1, 0.15) is 11.6 Å². The van der Waals surface area contributed by atoms with Crippen molar-refractivity contribution < 1.29 is 9.53 Å². The average Bonchev–Trinajstić information content (AvgIpc) is 2.21. The first-order chi connectivity index (χ1) is 8.19. The van der Waals surface area contributed by atoms with Crippen molar-refractivity contribution in [3.8, 4) is 0 Å². The van der Waals surface area contributed by atoms with Gasteiger partial charge in [-0.1, -0.05) is 0 Å². The van der Waals surface area contributed by atoms with Crippen LogP contribution in [0.5, 0.6) is 0 Å². The minimum absolute atomic E-state index is 0.256. The molecular formula is C13H17BrINO2. The maximum atomic E-state index is 11.9. The average molecular weight is 426 g/mol. The molecule has 0 aromatic heterocycles. The standard InChI is InChI=1S/C13H17BrINO2/c1-8(12(17)18-13(2,3)4)16-11-7-9(15)5-6-10(11)14/h5-8,16H,1-4H3. The van der Waals surface area contributed by atoms with Gasteiger partial charge < -0.3 is 10.1 Å². The predicted molar refractivity (Wildman–Crippen MR) is 85.8 cm³/mol. The van der Waals surface area contributed by atoms with E-state index >= 15 is 0 Å². The summed E-state index contributed by atoms with van der Waals surface area (Å²) in [7, 11) is 0. The highest BCUT2D eigenvalue weighted by atomic mass is 127. The highest BCUT2D eigenvalue weighted by Gasteiger charge is 2.21. The van der Waals surface area contributed by atoms with Crippen LogP contribution >= 0.6 is 38.5 Å². The molecule has 1 aromatic rings. The van der Waals surface area contributed by atoms with E-state index in [0.29, 0.717) is 0 Å². The molecule has 0 bridgehead atoms. The van der Waals surface area contributed by atoms with E-state index in [1.165, 1.54) is 0 Å². The maximum absolute atomic E-state index is 11.9. The number of anilines is 1. The molecule has 0 spiro atoms. The van der Waals surface area contributed by atoms with Crippen LogP contribution in [0, 0.1) is 3.57 Å². The van der Waals surface area contributed by atoms with Crippen LogP contribution in [0.25, 0.3) is 0 Å². The third-order valence-corrected chi connectivity index (χ3v) is 3.42. The molecule has 18 heavy (non-hydrogen) atoms. The zero-order valence-corrected chi connectivity index (χ0v) is 14.6. The third-order valence-electron chi connectivity index (χ3n) is 2.06. The number of hydrogen-bond donors (Lipinski definition) is 1. The van der Waals surface area contributed by atoms with Gasteiger partial charge in [0, 0.05) is 8.04 Å². The first kappa shape index (κ1) is 15.8. The second-order valence-electron chi connectivity index (χ2n) is 5.02. The van der Waals surface area contributed by atoms with Gasteiger partial charge in [-0.3, -0.25) is 0 Å². The van der Waals surface area contributed by atoms with Crippen molar-refractivity contribution in [1.29, 1.82) is 0 Å². The molecule has 1 unspecified atom stereocenters. The quantitative estimate of drug-likeness (QED) is 0.582. The van der Waals surface area contributed by atoms with E-state index < -0.39 is 11.6 Å². The van der Waals surface area contributed by atoms with Gasteiger partial charge in [0.05, 0.1) is 5.69 Å². The Morgan fingerprint density at radius 2 is 2.06 bits per heavy atom. The minimum atomic E-state index is -0.463. The van der Waals surface area contributed by atoms with Gasteiger partial charge >= 0.3 is 5.97 Å². The molecular weight excluding hydrogens is 409 g/mol. The third kappa shape index (κ3) is 5.14. The van der Waals surface area contributed by atoms with Gasteiger partial charge in [-0.15, -0.1) is 0 Å². The smallest absolute Gasteiger partial charge is 0.328 e. The number of halogens is 2. The Labute approximate surface area is 130 Å². The molecule has 0 fully saturated rings. The molecule has 1 atom stereocenters. The van der Waals surface area contributed by atoms with Crippen LogP contribution < -0.4 is 5.32 Å². The molecule has 0 aliphatic rings. The summed E-state index contributed by atoms with van der Waals surface area (Å²) in [5.74, 6) is -0.256. The summed E-state index contributed by atoms with van der Waals surface area (Å²) in [5, 5.41) is 3.15. The molecule has 0 heterocycles. The van der Waals surface area contributed by atoms with Gasteiger partial charge in [0.15, 0.2) is 0 Å². The maximum Gasteiger partial charge on any atom is 0.328 e. The van der Waals surface area contributed by atoms with Gasteiger partial charge in [0.25, 0.3) is 0 Å². The lowest BCUT2D eigenvalue weighted by Crippen LogP contribution is -2.34. The van der Waals surface area contributed by atoms with Gasteiger partial charge in [-0.05, 0) is 84.4 Å². The second kappa shape index (κ2) is 6.23. The van der Waals surface area contributed by atoms with Crippen LogP contribution in [0.2, 0.25) is 0 Å². The Balaban J connectivity index is 2.72. The Bertz CT molecular complexity index is 443. The number of nitrogens with one attached hydrogen (secondary N) is 1. The van der Waals surface area contributed by atoms with Crippen LogP contribution in [0.15, 0.2) is 22.7 Å². The summed E-state index contributed by atoms with van der Waals surface area (Å²) in [4.78, 5) is 11.9. The monoisotopic (exact) mass is 425 g/mol. The Kier molecular flexibility index (Phi) is 5.46. The largest absolute Gasteiger partial charge is 0.458 e. The van der Waals surface area contributed by atoms with Crippen molar-refractivity contribution in [2.75, 3.05) is 5.32 Å². The van der Waals surface area contributed by atoms with Crippen LogP contribution in [0.1, 0.15) is 27.7 Å². The molecule has 0 amide bonds. The molecule has 5 heteroatoms. The van der Waals surface area contributed by atoms with Gasteiger partial charge in [-0.2, -0.15) is 0 Å². The molecule has 0 aliphatic heterocycles. The lowest BCUT2D eigenvalue weighted by molar-refractivity contribution is -0.155. The van der Waals surface area contributed by atoms with Crippen molar-refractivity contribution in [2.24, 2.45) is 0 Å². The SMILES string of the molecule is CC(Nc1cc(I)ccc1Br)C(=O)OC(C)(C)C. The van der Waals surface area contributed by atoms with E-state index in [4.69, 9.17) is 4.74 Å². The molecule has 0 radical (unpaired) electrons. The molecule has 100 valence electrons. The Hall–Kier alpha value is -0.300. The van der Waals surface area contributed by atoms with Crippen LogP contribution in [0.4, 0.5) is 5.69 Å². The van der Waals surface area contributed by atoms with Crippen LogP contribution in [-0.2, 0) is 9.53 Å². The van der Waals surface area contributed by atoms with E-state index in [1.54, 1.807) is 6.92 Å². The molecule has 1 N–H and O–H groups in total. The fourth-order valence-electron chi connectivity index (χ4n) is 1.29. The number of carbonyl (C=O) groups excluding carboxylic acids is 1. The fraction of sp³-hybridized carbons (Fsp3) is 0.462. The van der Waals surface area contributed by atoms with E-state index in [1.807, 2.05) is 39.0 Å². The lowest BCUT2D eigenvalue weighted by atomic mass is 10.2. The number of rotatable bonds is 3. The van der Waals surface area contributed by atoms with Gasteiger partial charge in [0.2, 0.25) is 0 Å². The molecule has 1 aromatic carbocycles. The van der Waals surface area contributed by atoms with Crippen LogP contribution in [-0.4, -0.2) is 17.6 Å². The normalized spacial score (nSPS) is 13.0. The van der Waals surface area contributed by atoms with Crippen molar-refractivity contribution in [1.82, 2.24) is 0 Å². The summed E-state index contributed by atoms with van der Waals surface area (Å²) >= 11 is 5.68. The topological polar surface area (TPSA) is 38.3 Å². The number of ether oxygens (including phenoxy) is 1. The molecule has 1 rings (SSSR count). The van der Waals surface area contributed by atoms with Crippen molar-refractivity contribution in [3.05, 3.63) is 26.2 Å². The Morgan fingerprint density at radius 1 is 1.44 bits per heavy atom. The number of esters is 1. The molecule has 0 aliphatic carbocycles. The number of benzene rings is 1. The molecule has 0 saturated carbocycles. The van der Waals surface area contributed by atoms with Gasteiger partial charge in [-0.25, -0.2) is 4.79 Å². The molecule has 3 nitrogen and oxygen atoms in total. The first-order valence-corrected chi connectivity index (χ1v) is 7.50. The van der Waals surface area contributed by atoms with E-state index in [-0.39, 0.29) is 5.97 Å². The highest BCUT2D eigenvalue weighted by Crippen LogP contribution is 2.25. The molecule has 0 saturated heterocycles. The lowest BCUT2D eigenvalue weighted by Gasteiger charge is -2.23. The summed E-state index contributed by atoms with van der Waals surface area (Å²) in [5.41, 5.74) is 0.426. The summed E-state index contributed by atoms with van der Waals surface area (Å²) in [6, 6.07) is 5.53. The predicted octanol–water partition coefficient (Wildman–Crippen LogP) is 4.20. The summed E-state index contributed by atoms with van der Waals surface area (Å²) < 4.78 is 7.36. The van der Waals surface area contributed by atoms with Crippen molar-refractivity contribution in [3.63, 3.8) is 0 Å². The van der Waals surface area contributed by atoms with Crippen molar-refractivity contribution in [2.45, 2.75) is 39.3 Å². The summed E-state index contributed by atoms with van der Waals surface area (Å²) in [6.45, 7) is 7.37. The van der Waals surface area contributed by atoms with E-state index in [0.717, 1.165) is 13.7 Å². The highest BCUT2D eigenvalue weighted by molar-refractivity contribution is 14.1. The minimum Gasteiger partial charge on any atom is -0.458 e. The second-order valence-corrected chi connectivity index (χ2v) is 7.12. The van der Waals surface area contributed by atoms with Crippen molar-refractivity contribution >= 4 is 50.2 Å². The Morgan fingerprint density at radius 3 is 2.61 bits per heavy atom. The number of carbonyl (C=O) groups is 1.